The Balaban J connectivity index is 0.000000523. The van der Waals surface area contributed by atoms with E-state index in [0.717, 1.165) is 36.8 Å². The van der Waals surface area contributed by atoms with E-state index >= 15 is 0 Å². The fourth-order valence-corrected chi connectivity index (χ4v) is 2.76. The van der Waals surface area contributed by atoms with Crippen molar-refractivity contribution in [3.05, 3.63) is 70.8 Å². The molecule has 0 saturated heterocycles. The van der Waals surface area contributed by atoms with Crippen LogP contribution < -0.4 is 10.2 Å². The maximum atomic E-state index is 10.8. The van der Waals surface area contributed by atoms with Gasteiger partial charge in [-0.05, 0) is 48.6 Å². The molecular weight excluding hydrogens is 559 g/mol. The van der Waals surface area contributed by atoms with Gasteiger partial charge in [0.2, 0.25) is 0 Å². The zero-order valence-corrected chi connectivity index (χ0v) is 21.6. The summed E-state index contributed by atoms with van der Waals surface area (Å²) in [7, 11) is 0. The molecule has 0 aliphatic carbocycles. The maximum absolute atomic E-state index is 10.8. The molecule has 0 bridgehead atoms. The van der Waals surface area contributed by atoms with Crippen molar-refractivity contribution >= 4 is 39.2 Å². The first-order valence-corrected chi connectivity index (χ1v) is 9.80. The molecule has 0 aromatic heterocycles. The van der Waals surface area contributed by atoms with E-state index in [0.29, 0.717) is 23.0 Å². The first-order chi connectivity index (χ1) is 13.2. The van der Waals surface area contributed by atoms with Crippen LogP contribution in [-0.2, 0) is 12.8 Å². The standard InChI is InChI=1S/2C12H16O2.Pb/c2*1-9(2)7-8-10-5-3-4-6-11(10)12(13)14;/h2*3-6,9H,7-8H2,1-2H3,(H,13,14);/q;;+2/p-2. The van der Waals surface area contributed by atoms with Crippen LogP contribution in [0.1, 0.15) is 72.4 Å². The quantitative estimate of drug-likeness (QED) is 0.444. The summed E-state index contributed by atoms with van der Waals surface area (Å²) in [6.07, 6.45) is 3.62. The molecule has 5 heteroatoms. The molecule has 0 spiro atoms. The van der Waals surface area contributed by atoms with Crippen LogP contribution in [0.25, 0.3) is 0 Å². The second-order valence-electron chi connectivity index (χ2n) is 7.75. The average Bonchev–Trinajstić information content (AvgIpc) is 2.65. The Morgan fingerprint density at radius 1 is 0.690 bits per heavy atom. The predicted molar refractivity (Wildman–Crippen MR) is 114 cm³/mol. The van der Waals surface area contributed by atoms with Crippen LogP contribution in [0.2, 0.25) is 0 Å². The van der Waals surface area contributed by atoms with Crippen molar-refractivity contribution in [1.29, 1.82) is 0 Å². The number of carbonyl (C=O) groups excluding carboxylic acids is 2. The van der Waals surface area contributed by atoms with Crippen molar-refractivity contribution in [1.82, 2.24) is 0 Å². The summed E-state index contributed by atoms with van der Waals surface area (Å²) < 4.78 is 0. The van der Waals surface area contributed by atoms with E-state index in [1.807, 2.05) is 24.3 Å². The number of carboxylic acids is 2. The van der Waals surface area contributed by atoms with Crippen LogP contribution in [-0.4, -0.2) is 39.2 Å². The molecule has 0 aliphatic heterocycles. The number of rotatable bonds is 8. The molecule has 0 unspecified atom stereocenters. The Kier molecular flexibility index (Phi) is 13.5. The second kappa shape index (κ2) is 14.3. The minimum absolute atomic E-state index is 0. The van der Waals surface area contributed by atoms with Crippen molar-refractivity contribution in [3.8, 4) is 0 Å². The van der Waals surface area contributed by atoms with Crippen molar-refractivity contribution in [2.75, 3.05) is 0 Å². The van der Waals surface area contributed by atoms with E-state index in [4.69, 9.17) is 0 Å². The summed E-state index contributed by atoms with van der Waals surface area (Å²) >= 11 is 0. The molecule has 2 aromatic rings. The number of hydrogen-bond donors (Lipinski definition) is 0. The first-order valence-electron chi connectivity index (χ1n) is 9.80. The molecule has 2 radical (unpaired) electrons. The van der Waals surface area contributed by atoms with Gasteiger partial charge in [0.25, 0.3) is 0 Å². The van der Waals surface area contributed by atoms with Crippen molar-refractivity contribution in [2.45, 2.75) is 53.4 Å². The van der Waals surface area contributed by atoms with Crippen LogP contribution >= 0.6 is 0 Å². The summed E-state index contributed by atoms with van der Waals surface area (Å²) in [6.45, 7) is 8.51. The SMILES string of the molecule is CC(C)CCc1ccccc1C(=O)[O-].CC(C)CCc1ccccc1C(=O)[O-].[Pb+2]. The Hall–Kier alpha value is -1.70. The Morgan fingerprint density at radius 3 is 1.28 bits per heavy atom. The van der Waals surface area contributed by atoms with Crippen molar-refractivity contribution in [2.24, 2.45) is 11.8 Å². The molecule has 0 heterocycles. The largest absolute Gasteiger partial charge is 2.00 e. The minimum Gasteiger partial charge on any atom is -0.545 e. The molecule has 0 atom stereocenters. The number of aryl methyl sites for hydroxylation is 2. The Morgan fingerprint density at radius 2 is 1.00 bits per heavy atom. The van der Waals surface area contributed by atoms with Gasteiger partial charge in [-0.25, -0.2) is 0 Å². The third-order valence-electron chi connectivity index (χ3n) is 4.46. The molecule has 29 heavy (non-hydrogen) atoms. The Labute approximate surface area is 194 Å². The fourth-order valence-electron chi connectivity index (χ4n) is 2.76. The van der Waals surface area contributed by atoms with Gasteiger partial charge in [-0.15, -0.1) is 0 Å². The predicted octanol–water partition coefficient (Wildman–Crippen LogP) is 2.90. The molecule has 4 nitrogen and oxygen atoms in total. The summed E-state index contributed by atoms with van der Waals surface area (Å²) in [5.74, 6) is -0.983. The molecule has 0 fully saturated rings. The summed E-state index contributed by atoms with van der Waals surface area (Å²) in [5.41, 5.74) is 2.41. The molecule has 0 saturated carbocycles. The van der Waals surface area contributed by atoms with Crippen LogP contribution in [0.4, 0.5) is 0 Å². The van der Waals surface area contributed by atoms with Crippen LogP contribution in [0.15, 0.2) is 48.5 Å². The third kappa shape index (κ3) is 10.6. The van der Waals surface area contributed by atoms with Gasteiger partial charge in [-0.3, -0.25) is 0 Å². The molecule has 0 aliphatic rings. The van der Waals surface area contributed by atoms with Gasteiger partial charge in [0.05, 0.1) is 11.9 Å². The first kappa shape index (κ1) is 27.3. The van der Waals surface area contributed by atoms with Crippen LogP contribution in [0, 0.1) is 11.8 Å². The van der Waals surface area contributed by atoms with Gasteiger partial charge >= 0.3 is 27.3 Å². The van der Waals surface area contributed by atoms with E-state index < -0.39 is 11.9 Å². The molecular formula is C24H30O4Pb. The molecule has 0 amide bonds. The maximum Gasteiger partial charge on any atom is 2.00 e. The van der Waals surface area contributed by atoms with Gasteiger partial charge < -0.3 is 19.8 Å². The number of carbonyl (C=O) groups is 2. The number of aromatic carboxylic acids is 2. The average molecular weight is 590 g/mol. The number of carboxylic acid groups (broad SMARTS) is 2. The summed E-state index contributed by atoms with van der Waals surface area (Å²) in [6, 6.07) is 14.1. The van der Waals surface area contributed by atoms with E-state index in [9.17, 15) is 19.8 Å². The van der Waals surface area contributed by atoms with E-state index in [2.05, 4.69) is 27.7 Å². The molecule has 0 N–H and O–H groups in total. The van der Waals surface area contributed by atoms with Crippen molar-refractivity contribution in [3.63, 3.8) is 0 Å². The zero-order valence-electron chi connectivity index (χ0n) is 17.7. The second-order valence-corrected chi connectivity index (χ2v) is 7.75. The minimum atomic E-state index is -1.08. The van der Waals surface area contributed by atoms with Gasteiger partial charge in [-0.1, -0.05) is 76.2 Å². The molecule has 154 valence electrons. The topological polar surface area (TPSA) is 80.3 Å². The molecule has 2 aromatic carbocycles. The summed E-state index contributed by atoms with van der Waals surface area (Å²) in [5, 5.41) is 21.5. The zero-order chi connectivity index (χ0) is 21.1. The third-order valence-corrected chi connectivity index (χ3v) is 4.46. The van der Waals surface area contributed by atoms with Crippen LogP contribution in [0.5, 0.6) is 0 Å². The van der Waals surface area contributed by atoms with Gasteiger partial charge in [0.1, 0.15) is 0 Å². The number of benzene rings is 2. The van der Waals surface area contributed by atoms with E-state index in [-0.39, 0.29) is 27.3 Å². The summed E-state index contributed by atoms with van der Waals surface area (Å²) in [4.78, 5) is 21.5. The van der Waals surface area contributed by atoms with Gasteiger partial charge in [0.15, 0.2) is 0 Å². The Bertz CT molecular complexity index is 703. The number of hydrogen-bond acceptors (Lipinski definition) is 4. The fraction of sp³-hybridized carbons (Fsp3) is 0.417. The normalized spacial score (nSPS) is 10.1. The van der Waals surface area contributed by atoms with Crippen LogP contribution in [0.3, 0.4) is 0 Å². The van der Waals surface area contributed by atoms with Gasteiger partial charge in [0, 0.05) is 11.1 Å². The molecule has 2 rings (SSSR count). The monoisotopic (exact) mass is 590 g/mol. The smallest absolute Gasteiger partial charge is 0.545 e. The van der Waals surface area contributed by atoms with E-state index in [1.165, 1.54) is 0 Å². The van der Waals surface area contributed by atoms with Gasteiger partial charge in [-0.2, -0.15) is 0 Å². The van der Waals surface area contributed by atoms with Crippen molar-refractivity contribution < 1.29 is 19.8 Å². The van der Waals surface area contributed by atoms with E-state index in [1.54, 1.807) is 24.3 Å².